The van der Waals surface area contributed by atoms with E-state index in [-0.39, 0.29) is 5.82 Å². The van der Waals surface area contributed by atoms with Crippen LogP contribution in [0.1, 0.15) is 23.2 Å². The summed E-state index contributed by atoms with van der Waals surface area (Å²) in [6.07, 6.45) is 0. The van der Waals surface area contributed by atoms with Gasteiger partial charge in [-0.05, 0) is 11.1 Å². The van der Waals surface area contributed by atoms with Crippen LogP contribution < -0.4 is 26.6 Å². The molecule has 1 aromatic rings. The number of benzene rings is 1. The second-order valence-corrected chi connectivity index (χ2v) is 6.47. The van der Waals surface area contributed by atoms with Crippen LogP contribution in [0.25, 0.3) is 0 Å². The van der Waals surface area contributed by atoms with Crippen molar-refractivity contribution in [3.63, 3.8) is 0 Å². The Kier molecular flexibility index (Phi) is 3.77. The molecule has 0 aliphatic carbocycles. The number of carbonyl (C=O) groups excluding carboxylic acids is 5. The normalized spacial score (nSPS) is 26.2. The van der Waals surface area contributed by atoms with E-state index in [1.165, 1.54) is 0 Å². The smallest absolute Gasteiger partial charge is 0.312 e. The number of carbonyl (C=O) groups is 5. The van der Waals surface area contributed by atoms with Crippen LogP contribution in [0.2, 0.25) is 0 Å². The van der Waals surface area contributed by atoms with Gasteiger partial charge in [0, 0.05) is 0 Å². The van der Waals surface area contributed by atoms with Crippen molar-refractivity contribution in [2.75, 3.05) is 0 Å². The van der Waals surface area contributed by atoms with Crippen molar-refractivity contribution >= 4 is 29.7 Å². The number of imide groups is 2. The molecule has 2 atom stereocenters. The van der Waals surface area contributed by atoms with Gasteiger partial charge in [0.05, 0.1) is 12.1 Å². The Morgan fingerprint density at radius 3 is 1.52 bits per heavy atom. The Balaban J connectivity index is 1.72. The molecular formula is C17H15N5O5. The minimum absolute atomic E-state index is 0.0913. The zero-order valence-corrected chi connectivity index (χ0v) is 13.9. The van der Waals surface area contributed by atoms with Crippen molar-refractivity contribution in [2.24, 2.45) is 11.8 Å². The second kappa shape index (κ2) is 6.02. The highest BCUT2D eigenvalue weighted by molar-refractivity contribution is 6.16. The van der Waals surface area contributed by atoms with Gasteiger partial charge in [-0.3, -0.25) is 29.8 Å². The molecule has 6 amide bonds. The summed E-state index contributed by atoms with van der Waals surface area (Å²) in [4.78, 5) is 60.6. The van der Waals surface area contributed by atoms with Crippen molar-refractivity contribution < 1.29 is 24.0 Å². The first kappa shape index (κ1) is 16.9. The number of hydrogen-bond donors (Lipinski definition) is 5. The standard InChI is InChI=1S/C17H15N5O5/c1-6-18-13(23)9(14(24)19-6)11-7-4-2-3-5-8(7)12(20-11)10-15(25)21-17(27)22-16(10)26/h2-5,9-12,20H,1H2,(H,18,23)(H,19,24)(H2,21,22,25,26,27). The number of nitrogens with one attached hydrogen (secondary N) is 5. The summed E-state index contributed by atoms with van der Waals surface area (Å²) in [7, 11) is 0. The Labute approximate surface area is 152 Å². The van der Waals surface area contributed by atoms with Gasteiger partial charge in [-0.2, -0.15) is 0 Å². The number of rotatable bonds is 2. The first-order chi connectivity index (χ1) is 12.9. The molecule has 0 bridgehead atoms. The molecule has 138 valence electrons. The topological polar surface area (TPSA) is 146 Å². The van der Waals surface area contributed by atoms with Crippen LogP contribution in [0.3, 0.4) is 0 Å². The van der Waals surface area contributed by atoms with E-state index >= 15 is 0 Å². The molecule has 3 heterocycles. The van der Waals surface area contributed by atoms with E-state index in [1.807, 2.05) is 0 Å². The van der Waals surface area contributed by atoms with E-state index in [2.05, 4.69) is 33.2 Å². The van der Waals surface area contributed by atoms with Crippen LogP contribution in [0, 0.1) is 11.8 Å². The fraction of sp³-hybridized carbons (Fsp3) is 0.235. The lowest BCUT2D eigenvalue weighted by molar-refractivity contribution is -0.138. The fourth-order valence-electron chi connectivity index (χ4n) is 3.74. The number of hydrogen-bond acceptors (Lipinski definition) is 6. The average Bonchev–Trinajstić information content (AvgIpc) is 2.93. The van der Waals surface area contributed by atoms with Crippen LogP contribution in [0.5, 0.6) is 0 Å². The van der Waals surface area contributed by atoms with Crippen LogP contribution in [-0.2, 0) is 19.2 Å². The van der Waals surface area contributed by atoms with Gasteiger partial charge >= 0.3 is 6.03 Å². The van der Waals surface area contributed by atoms with Gasteiger partial charge in [-0.15, -0.1) is 0 Å². The summed E-state index contributed by atoms with van der Waals surface area (Å²) in [6.45, 7) is 3.51. The highest BCUT2D eigenvalue weighted by Crippen LogP contribution is 2.41. The van der Waals surface area contributed by atoms with Gasteiger partial charge in [0.2, 0.25) is 23.6 Å². The third-order valence-corrected chi connectivity index (χ3v) is 4.84. The quantitative estimate of drug-likeness (QED) is 0.409. The molecule has 27 heavy (non-hydrogen) atoms. The van der Waals surface area contributed by atoms with Gasteiger partial charge in [0.1, 0.15) is 17.7 Å². The van der Waals surface area contributed by atoms with Gasteiger partial charge in [0.25, 0.3) is 0 Å². The van der Waals surface area contributed by atoms with E-state index in [1.54, 1.807) is 24.3 Å². The first-order valence-electron chi connectivity index (χ1n) is 8.18. The van der Waals surface area contributed by atoms with Crippen molar-refractivity contribution in [3.05, 3.63) is 47.8 Å². The maximum absolute atomic E-state index is 12.4. The molecule has 4 rings (SSSR count). The summed E-state index contributed by atoms with van der Waals surface area (Å²) in [5, 5.41) is 12.1. The van der Waals surface area contributed by atoms with Crippen molar-refractivity contribution in [2.45, 2.75) is 12.1 Å². The maximum atomic E-state index is 12.4. The molecule has 0 aromatic heterocycles. The zero-order chi connectivity index (χ0) is 19.3. The highest BCUT2D eigenvalue weighted by atomic mass is 16.2. The van der Waals surface area contributed by atoms with Crippen molar-refractivity contribution in [3.8, 4) is 0 Å². The van der Waals surface area contributed by atoms with E-state index in [0.29, 0.717) is 11.1 Å². The maximum Gasteiger partial charge on any atom is 0.328 e. The molecule has 3 aliphatic rings. The first-order valence-corrected chi connectivity index (χ1v) is 8.18. The van der Waals surface area contributed by atoms with E-state index in [0.717, 1.165) is 0 Å². The Bertz CT molecular complexity index is 813. The highest BCUT2D eigenvalue weighted by Gasteiger charge is 2.50. The van der Waals surface area contributed by atoms with Crippen LogP contribution >= 0.6 is 0 Å². The van der Waals surface area contributed by atoms with Crippen LogP contribution in [0.15, 0.2) is 36.7 Å². The van der Waals surface area contributed by atoms with Crippen LogP contribution in [0.4, 0.5) is 4.79 Å². The summed E-state index contributed by atoms with van der Waals surface area (Å²) in [5.41, 5.74) is 1.24. The van der Waals surface area contributed by atoms with E-state index in [4.69, 9.17) is 0 Å². The number of urea groups is 1. The number of barbiturate groups is 1. The molecule has 3 aliphatic heterocycles. The molecule has 10 nitrogen and oxygen atoms in total. The lowest BCUT2D eigenvalue weighted by Crippen LogP contribution is -2.59. The molecule has 0 spiro atoms. The van der Waals surface area contributed by atoms with E-state index in [9.17, 15) is 24.0 Å². The Morgan fingerprint density at radius 1 is 0.667 bits per heavy atom. The van der Waals surface area contributed by atoms with Crippen LogP contribution in [-0.4, -0.2) is 29.7 Å². The average molecular weight is 369 g/mol. The van der Waals surface area contributed by atoms with Gasteiger partial charge in [-0.1, -0.05) is 30.8 Å². The number of fused-ring (bicyclic) bond motifs is 1. The molecule has 10 heteroatoms. The molecule has 2 saturated heterocycles. The predicted octanol–water partition coefficient (Wildman–Crippen LogP) is -1.31. The summed E-state index contributed by atoms with van der Waals surface area (Å²) < 4.78 is 0. The molecule has 0 radical (unpaired) electrons. The lowest BCUT2D eigenvalue weighted by atomic mass is 9.88. The minimum atomic E-state index is -1.22. The Morgan fingerprint density at radius 2 is 1.07 bits per heavy atom. The summed E-state index contributed by atoms with van der Waals surface area (Å²) >= 11 is 0. The van der Waals surface area contributed by atoms with E-state index < -0.39 is 53.6 Å². The molecule has 1 aromatic carbocycles. The molecule has 2 unspecified atom stereocenters. The second-order valence-electron chi connectivity index (χ2n) is 6.47. The third-order valence-electron chi connectivity index (χ3n) is 4.84. The van der Waals surface area contributed by atoms with Gasteiger partial charge in [-0.25, -0.2) is 4.79 Å². The van der Waals surface area contributed by atoms with Gasteiger partial charge < -0.3 is 16.0 Å². The predicted molar refractivity (Wildman–Crippen MR) is 89.1 cm³/mol. The third kappa shape index (κ3) is 2.66. The monoisotopic (exact) mass is 369 g/mol. The summed E-state index contributed by atoms with van der Waals surface area (Å²) in [6, 6.07) is 4.46. The minimum Gasteiger partial charge on any atom is -0.312 e. The molecular weight excluding hydrogens is 354 g/mol. The molecule has 2 fully saturated rings. The fourth-order valence-corrected chi connectivity index (χ4v) is 3.74. The molecule has 5 N–H and O–H groups in total. The SMILES string of the molecule is C=C1NC(=O)C(C2NC(C3C(=O)NC(=O)NC3=O)c3ccccc32)C(=O)N1. The molecule has 0 saturated carbocycles. The van der Waals surface area contributed by atoms with Crippen molar-refractivity contribution in [1.29, 1.82) is 0 Å². The lowest BCUT2D eigenvalue weighted by Gasteiger charge is -2.30. The number of amides is 6. The van der Waals surface area contributed by atoms with Crippen molar-refractivity contribution in [1.82, 2.24) is 26.6 Å². The van der Waals surface area contributed by atoms with Gasteiger partial charge in [0.15, 0.2) is 0 Å². The summed E-state index contributed by atoms with van der Waals surface area (Å²) in [5.74, 6) is -4.82. The largest absolute Gasteiger partial charge is 0.328 e. The zero-order valence-electron chi connectivity index (χ0n) is 13.9. The Hall–Kier alpha value is -3.53.